The highest BCUT2D eigenvalue weighted by Crippen LogP contribution is 2.25. The fourth-order valence-electron chi connectivity index (χ4n) is 4.05. The molecule has 2 aromatic carbocycles. The van der Waals surface area contributed by atoms with Crippen molar-refractivity contribution in [3.63, 3.8) is 0 Å². The minimum atomic E-state index is -4.04. The molecule has 0 aliphatic heterocycles. The lowest BCUT2D eigenvalue weighted by Gasteiger charge is -2.22. The van der Waals surface area contributed by atoms with Gasteiger partial charge in [-0.25, -0.2) is 14.8 Å². The van der Waals surface area contributed by atoms with Crippen molar-refractivity contribution in [2.24, 2.45) is 0 Å². The Morgan fingerprint density at radius 1 is 1.09 bits per heavy atom. The number of benzene rings is 2. The Hall–Kier alpha value is -3.86. The van der Waals surface area contributed by atoms with Gasteiger partial charge >= 0.3 is 16.1 Å². The summed E-state index contributed by atoms with van der Waals surface area (Å²) in [6, 6.07) is 10.8. The molecule has 0 radical (unpaired) electrons. The minimum Gasteiger partial charge on any atom is -0.379 e. The van der Waals surface area contributed by atoms with Crippen LogP contribution in [0.4, 0.5) is 10.7 Å². The molecule has 10 nitrogen and oxygen atoms in total. The van der Waals surface area contributed by atoms with Crippen LogP contribution in [0.5, 0.6) is 5.75 Å². The molecule has 5 rings (SSSR count). The third kappa shape index (κ3) is 4.88. The first-order valence-corrected chi connectivity index (χ1v) is 12.5. The van der Waals surface area contributed by atoms with Gasteiger partial charge in [-0.1, -0.05) is 19.3 Å². The summed E-state index contributed by atoms with van der Waals surface area (Å²) in [5.41, 5.74) is 1.89. The molecular formula is C23H24N6O4S. The number of fused-ring (bicyclic) bond motifs is 1. The average Bonchev–Trinajstić information content (AvgIpc) is 3.49. The molecule has 1 saturated carbocycles. The Morgan fingerprint density at radius 2 is 1.88 bits per heavy atom. The summed E-state index contributed by atoms with van der Waals surface area (Å²) in [5, 5.41) is 5.67. The summed E-state index contributed by atoms with van der Waals surface area (Å²) in [5.74, 6) is 0.409. The summed E-state index contributed by atoms with van der Waals surface area (Å²) in [7, 11) is -4.04. The Morgan fingerprint density at radius 3 is 2.62 bits per heavy atom. The zero-order valence-electron chi connectivity index (χ0n) is 18.3. The van der Waals surface area contributed by atoms with Gasteiger partial charge in [-0.3, -0.25) is 5.32 Å². The van der Waals surface area contributed by atoms with Crippen LogP contribution >= 0.6 is 0 Å². The normalized spacial score (nSPS) is 14.7. The number of carbonyl (C=O) groups is 1. The molecule has 0 atom stereocenters. The van der Waals surface area contributed by atoms with Crippen molar-refractivity contribution in [3.05, 3.63) is 61.2 Å². The lowest BCUT2D eigenvalue weighted by molar-refractivity contribution is 0.244. The first-order valence-electron chi connectivity index (χ1n) is 11.1. The van der Waals surface area contributed by atoms with E-state index in [-0.39, 0.29) is 28.7 Å². The van der Waals surface area contributed by atoms with Gasteiger partial charge in [0.15, 0.2) is 0 Å². The van der Waals surface area contributed by atoms with Crippen LogP contribution in [0, 0.1) is 0 Å². The standard InChI is InChI=1S/C23H24N6O4S/c30-23(25-16-4-2-1-3-5-16)28-22-26-20-11-8-18(14-21(20)27-22)33-34(31,32)19-9-6-17(7-10-19)29-13-12-24-15-29/h6-16H,1-5H2,(H3,25,26,27,28,30). The number of aromatic nitrogens is 4. The lowest BCUT2D eigenvalue weighted by Crippen LogP contribution is -2.39. The van der Waals surface area contributed by atoms with Crippen LogP contribution in [-0.4, -0.2) is 40.0 Å². The number of imidazole rings is 2. The van der Waals surface area contributed by atoms with Crippen molar-refractivity contribution in [1.82, 2.24) is 24.8 Å². The van der Waals surface area contributed by atoms with E-state index in [0.717, 1.165) is 31.4 Å². The highest BCUT2D eigenvalue weighted by atomic mass is 32.2. The van der Waals surface area contributed by atoms with Crippen LogP contribution in [0.1, 0.15) is 32.1 Å². The lowest BCUT2D eigenvalue weighted by atomic mass is 9.96. The van der Waals surface area contributed by atoms with Crippen LogP contribution < -0.4 is 14.8 Å². The largest absolute Gasteiger partial charge is 0.379 e. The van der Waals surface area contributed by atoms with Gasteiger partial charge in [-0.05, 0) is 49.2 Å². The molecular weight excluding hydrogens is 456 g/mol. The summed E-state index contributed by atoms with van der Waals surface area (Å²) < 4.78 is 32.6. The van der Waals surface area contributed by atoms with E-state index >= 15 is 0 Å². The second kappa shape index (κ2) is 9.18. The van der Waals surface area contributed by atoms with Crippen LogP contribution in [-0.2, 0) is 10.1 Å². The van der Waals surface area contributed by atoms with Crippen molar-refractivity contribution in [2.45, 2.75) is 43.0 Å². The van der Waals surface area contributed by atoms with Crippen molar-refractivity contribution >= 4 is 33.1 Å². The first-order chi connectivity index (χ1) is 16.5. The third-order valence-corrected chi connectivity index (χ3v) is 7.02. The summed E-state index contributed by atoms with van der Waals surface area (Å²) in [6.45, 7) is 0. The number of urea groups is 1. The molecule has 34 heavy (non-hydrogen) atoms. The van der Waals surface area contributed by atoms with E-state index in [2.05, 4.69) is 25.6 Å². The fraction of sp³-hybridized carbons (Fsp3) is 0.261. The van der Waals surface area contributed by atoms with E-state index in [1.807, 2.05) is 0 Å². The van der Waals surface area contributed by atoms with Crippen molar-refractivity contribution < 1.29 is 17.4 Å². The number of nitrogens with zero attached hydrogens (tertiary/aromatic N) is 3. The monoisotopic (exact) mass is 480 g/mol. The topological polar surface area (TPSA) is 131 Å². The summed E-state index contributed by atoms with van der Waals surface area (Å²) in [4.78, 5) is 23.6. The minimum absolute atomic E-state index is 0.0304. The number of carbonyl (C=O) groups excluding carboxylic acids is 1. The van der Waals surface area contributed by atoms with E-state index in [4.69, 9.17) is 4.18 Å². The van der Waals surface area contributed by atoms with E-state index in [1.54, 1.807) is 41.5 Å². The first kappa shape index (κ1) is 22.0. The van der Waals surface area contributed by atoms with Crippen molar-refractivity contribution in [1.29, 1.82) is 0 Å². The number of amides is 2. The molecule has 4 aromatic rings. The van der Waals surface area contributed by atoms with Gasteiger partial charge in [0.2, 0.25) is 5.95 Å². The number of hydrogen-bond acceptors (Lipinski definition) is 6. The number of rotatable bonds is 6. The third-order valence-electron chi connectivity index (χ3n) is 5.76. The fourth-order valence-corrected chi connectivity index (χ4v) is 4.97. The van der Waals surface area contributed by atoms with E-state index in [1.165, 1.54) is 30.7 Å². The van der Waals surface area contributed by atoms with Crippen molar-refractivity contribution in [3.8, 4) is 11.4 Å². The van der Waals surface area contributed by atoms with Gasteiger partial charge < -0.3 is 19.1 Å². The van der Waals surface area contributed by atoms with Gasteiger partial charge in [-0.2, -0.15) is 8.42 Å². The molecule has 1 fully saturated rings. The molecule has 176 valence electrons. The molecule has 2 heterocycles. The van der Waals surface area contributed by atoms with Gasteiger partial charge in [0.05, 0.1) is 17.4 Å². The van der Waals surface area contributed by atoms with Gasteiger partial charge in [0.1, 0.15) is 10.6 Å². The van der Waals surface area contributed by atoms with Gasteiger partial charge in [-0.15, -0.1) is 0 Å². The highest BCUT2D eigenvalue weighted by Gasteiger charge is 2.19. The second-order valence-corrected chi connectivity index (χ2v) is 9.75. The number of hydrogen-bond donors (Lipinski definition) is 3. The molecule has 2 aromatic heterocycles. The molecule has 0 saturated heterocycles. The van der Waals surface area contributed by atoms with E-state index in [9.17, 15) is 13.2 Å². The smallest absolute Gasteiger partial charge is 0.339 e. The molecule has 3 N–H and O–H groups in total. The SMILES string of the molecule is O=C(Nc1nc2ccc(OS(=O)(=O)c3ccc(-n4ccnc4)cc3)cc2[nH]1)NC1CCCCC1. The van der Waals surface area contributed by atoms with Crippen molar-refractivity contribution in [2.75, 3.05) is 5.32 Å². The quantitative estimate of drug-likeness (QED) is 0.358. The average molecular weight is 481 g/mol. The zero-order valence-corrected chi connectivity index (χ0v) is 19.1. The van der Waals surface area contributed by atoms with Crippen LogP contribution in [0.15, 0.2) is 66.1 Å². The number of H-pyrrole nitrogens is 1. The number of anilines is 1. The molecule has 0 spiro atoms. The predicted octanol–water partition coefficient (Wildman–Crippen LogP) is 3.97. The van der Waals surface area contributed by atoms with E-state index in [0.29, 0.717) is 11.0 Å². The van der Waals surface area contributed by atoms with Crippen LogP contribution in [0.3, 0.4) is 0 Å². The van der Waals surface area contributed by atoms with Crippen LogP contribution in [0.25, 0.3) is 16.7 Å². The predicted molar refractivity (Wildman–Crippen MR) is 126 cm³/mol. The van der Waals surface area contributed by atoms with Gasteiger partial charge in [0, 0.05) is 30.2 Å². The Labute approximate surface area is 196 Å². The van der Waals surface area contributed by atoms with Gasteiger partial charge in [0.25, 0.3) is 0 Å². The Balaban J connectivity index is 1.27. The highest BCUT2D eigenvalue weighted by molar-refractivity contribution is 7.87. The summed E-state index contributed by atoms with van der Waals surface area (Å²) in [6.07, 6.45) is 10.4. The molecule has 1 aliphatic rings. The summed E-state index contributed by atoms with van der Waals surface area (Å²) >= 11 is 0. The molecule has 0 unspecified atom stereocenters. The maximum Gasteiger partial charge on any atom is 0.339 e. The second-order valence-electron chi connectivity index (χ2n) is 8.20. The van der Waals surface area contributed by atoms with E-state index < -0.39 is 10.1 Å². The number of nitrogens with one attached hydrogen (secondary N) is 3. The molecule has 0 bridgehead atoms. The maximum atomic E-state index is 12.7. The Kier molecular flexibility index (Phi) is 5.93. The molecule has 11 heteroatoms. The molecule has 1 aliphatic carbocycles. The van der Waals surface area contributed by atoms with Crippen LogP contribution in [0.2, 0.25) is 0 Å². The maximum absolute atomic E-state index is 12.7. The molecule has 2 amide bonds. The Bertz CT molecular complexity index is 1390. The zero-order chi connectivity index (χ0) is 23.5. The number of aromatic amines is 1.